The molecule has 0 radical (unpaired) electrons. The summed E-state index contributed by atoms with van der Waals surface area (Å²) in [6, 6.07) is 7.62. The maximum Gasteiger partial charge on any atom is 0.153 e. The molecule has 0 bridgehead atoms. The third kappa shape index (κ3) is 2.41. The van der Waals surface area contributed by atoms with Crippen LogP contribution in [0.2, 0.25) is 5.02 Å². The number of aromatic nitrogens is 1. The summed E-state index contributed by atoms with van der Waals surface area (Å²) in [6.07, 6.45) is 1.47. The maximum absolute atomic E-state index is 12.9. The molecule has 0 fully saturated rings. The second-order valence-corrected chi connectivity index (χ2v) is 3.66. The molecular weight excluding hydrogens is 229 g/mol. The van der Waals surface area contributed by atoms with Crippen molar-refractivity contribution < 1.29 is 4.39 Å². The number of rotatable bonds is 2. The van der Waals surface area contributed by atoms with Crippen LogP contribution in [0.1, 0.15) is 0 Å². The lowest BCUT2D eigenvalue weighted by molar-refractivity contribution is 0.628. The number of nitrogens with two attached hydrogens (primary N) is 1. The lowest BCUT2D eigenvalue weighted by Gasteiger charge is -2.08. The Morgan fingerprint density at radius 1 is 1.31 bits per heavy atom. The number of hydrogen-bond acceptors (Lipinski definition) is 3. The molecule has 5 heteroatoms. The molecule has 0 saturated carbocycles. The third-order valence-electron chi connectivity index (χ3n) is 1.97. The van der Waals surface area contributed by atoms with Crippen molar-refractivity contribution in [3.8, 4) is 0 Å². The fraction of sp³-hybridized carbons (Fsp3) is 0. The van der Waals surface area contributed by atoms with Crippen molar-refractivity contribution in [3.05, 3.63) is 47.4 Å². The predicted octanol–water partition coefficient (Wildman–Crippen LogP) is 3.20. The van der Waals surface area contributed by atoms with E-state index in [9.17, 15) is 4.39 Å². The van der Waals surface area contributed by atoms with E-state index >= 15 is 0 Å². The van der Waals surface area contributed by atoms with Crippen LogP contribution in [0.15, 0.2) is 36.5 Å². The number of nitrogen functional groups attached to an aromatic ring is 1. The molecule has 82 valence electrons. The van der Waals surface area contributed by atoms with Crippen LogP contribution < -0.4 is 11.1 Å². The second-order valence-electron chi connectivity index (χ2n) is 3.23. The Kier molecular flexibility index (Phi) is 2.92. The molecule has 0 aliphatic heterocycles. The normalized spacial score (nSPS) is 10.1. The van der Waals surface area contributed by atoms with Gasteiger partial charge in [-0.1, -0.05) is 17.7 Å². The summed E-state index contributed by atoms with van der Waals surface area (Å²) in [5.41, 5.74) is 6.70. The summed E-state index contributed by atoms with van der Waals surface area (Å²) >= 11 is 5.71. The van der Waals surface area contributed by atoms with Crippen LogP contribution in [0.25, 0.3) is 0 Å². The number of benzene rings is 1. The average Bonchev–Trinajstić information content (AvgIpc) is 2.22. The quantitative estimate of drug-likeness (QED) is 0.843. The Hall–Kier alpha value is -1.81. The zero-order valence-corrected chi connectivity index (χ0v) is 9.00. The van der Waals surface area contributed by atoms with E-state index in [4.69, 9.17) is 17.3 Å². The Bertz CT molecular complexity index is 516. The molecule has 0 unspecified atom stereocenters. The van der Waals surface area contributed by atoms with E-state index < -0.39 is 0 Å². The van der Waals surface area contributed by atoms with Crippen molar-refractivity contribution in [3.63, 3.8) is 0 Å². The highest BCUT2D eigenvalue weighted by Crippen LogP contribution is 2.23. The van der Waals surface area contributed by atoms with Crippen LogP contribution in [0.3, 0.4) is 0 Å². The number of nitrogens with zero attached hydrogens (tertiary/aromatic N) is 1. The molecule has 0 atom stereocenters. The van der Waals surface area contributed by atoms with Gasteiger partial charge in [0.25, 0.3) is 0 Å². The van der Waals surface area contributed by atoms with E-state index in [1.165, 1.54) is 18.3 Å². The van der Waals surface area contributed by atoms with E-state index in [2.05, 4.69) is 10.3 Å². The molecule has 1 aromatic carbocycles. The molecule has 3 nitrogen and oxygen atoms in total. The van der Waals surface area contributed by atoms with Gasteiger partial charge in [-0.25, -0.2) is 9.37 Å². The molecule has 0 spiro atoms. The minimum absolute atomic E-state index is 0.322. The Morgan fingerprint density at radius 2 is 2.12 bits per heavy atom. The van der Waals surface area contributed by atoms with Gasteiger partial charge in [0.1, 0.15) is 5.82 Å². The molecular formula is C11H9ClFN3. The largest absolute Gasteiger partial charge is 0.396 e. The monoisotopic (exact) mass is 237 g/mol. The van der Waals surface area contributed by atoms with Gasteiger partial charge in [0, 0.05) is 11.9 Å². The molecule has 2 aromatic rings. The lowest BCUT2D eigenvalue weighted by atomic mass is 10.3. The van der Waals surface area contributed by atoms with Crippen molar-refractivity contribution in [1.29, 1.82) is 0 Å². The van der Waals surface area contributed by atoms with Crippen molar-refractivity contribution in [2.45, 2.75) is 0 Å². The van der Waals surface area contributed by atoms with Gasteiger partial charge < -0.3 is 11.1 Å². The zero-order chi connectivity index (χ0) is 11.5. The number of pyridine rings is 1. The van der Waals surface area contributed by atoms with E-state index in [1.807, 2.05) is 0 Å². The van der Waals surface area contributed by atoms with Gasteiger partial charge in [0.2, 0.25) is 0 Å². The van der Waals surface area contributed by atoms with Crippen molar-refractivity contribution in [2.75, 3.05) is 11.1 Å². The fourth-order valence-electron chi connectivity index (χ4n) is 1.26. The molecule has 0 aliphatic carbocycles. The van der Waals surface area contributed by atoms with Crippen LogP contribution in [0, 0.1) is 5.82 Å². The molecule has 3 N–H and O–H groups in total. The van der Waals surface area contributed by atoms with E-state index in [0.29, 0.717) is 22.2 Å². The standard InChI is InChI=1S/C11H9ClFN3/c12-7-4-10(14)11(15-6-7)16-9-3-1-2-8(13)5-9/h1-6H,14H2,(H,15,16). The van der Waals surface area contributed by atoms with Crippen molar-refractivity contribution in [2.24, 2.45) is 0 Å². The first-order valence-corrected chi connectivity index (χ1v) is 4.96. The fourth-order valence-corrected chi connectivity index (χ4v) is 1.43. The first-order valence-electron chi connectivity index (χ1n) is 4.59. The van der Waals surface area contributed by atoms with E-state index in [1.54, 1.807) is 18.2 Å². The van der Waals surface area contributed by atoms with Crippen LogP contribution in [0.4, 0.5) is 21.6 Å². The van der Waals surface area contributed by atoms with E-state index in [-0.39, 0.29) is 5.82 Å². The first kappa shape index (κ1) is 10.7. The maximum atomic E-state index is 12.9. The molecule has 1 aromatic heterocycles. The van der Waals surface area contributed by atoms with Gasteiger partial charge in [0.05, 0.1) is 10.7 Å². The molecule has 0 amide bonds. The molecule has 2 rings (SSSR count). The molecule has 1 heterocycles. The topological polar surface area (TPSA) is 50.9 Å². The lowest BCUT2D eigenvalue weighted by Crippen LogP contribution is -1.99. The van der Waals surface area contributed by atoms with E-state index in [0.717, 1.165) is 0 Å². The zero-order valence-electron chi connectivity index (χ0n) is 8.24. The number of halogens is 2. The number of anilines is 3. The van der Waals surface area contributed by atoms with Gasteiger partial charge in [-0.2, -0.15) is 0 Å². The third-order valence-corrected chi connectivity index (χ3v) is 2.18. The highest BCUT2D eigenvalue weighted by atomic mass is 35.5. The summed E-state index contributed by atoms with van der Waals surface area (Å²) in [7, 11) is 0. The summed E-state index contributed by atoms with van der Waals surface area (Å²) in [5.74, 6) is 0.132. The van der Waals surface area contributed by atoms with Gasteiger partial charge in [-0.05, 0) is 24.3 Å². The van der Waals surface area contributed by atoms with Gasteiger partial charge in [-0.3, -0.25) is 0 Å². The van der Waals surface area contributed by atoms with Gasteiger partial charge >= 0.3 is 0 Å². The van der Waals surface area contributed by atoms with Crippen molar-refractivity contribution in [1.82, 2.24) is 4.98 Å². The molecule has 0 saturated heterocycles. The van der Waals surface area contributed by atoms with Gasteiger partial charge in [0.15, 0.2) is 5.82 Å². The Labute approximate surface area is 97.1 Å². The highest BCUT2D eigenvalue weighted by Gasteiger charge is 2.02. The van der Waals surface area contributed by atoms with Gasteiger partial charge in [-0.15, -0.1) is 0 Å². The minimum Gasteiger partial charge on any atom is -0.396 e. The van der Waals surface area contributed by atoms with Crippen LogP contribution in [-0.2, 0) is 0 Å². The summed E-state index contributed by atoms with van der Waals surface area (Å²) in [4.78, 5) is 4.01. The Balaban J connectivity index is 2.27. The number of hydrogen-bond donors (Lipinski definition) is 2. The summed E-state index contributed by atoms with van der Waals surface area (Å²) in [5, 5.41) is 3.37. The predicted molar refractivity (Wildman–Crippen MR) is 63.3 cm³/mol. The SMILES string of the molecule is Nc1cc(Cl)cnc1Nc1cccc(F)c1. The van der Waals surface area contributed by atoms with Crippen LogP contribution in [-0.4, -0.2) is 4.98 Å². The molecule has 16 heavy (non-hydrogen) atoms. The average molecular weight is 238 g/mol. The van der Waals surface area contributed by atoms with Crippen LogP contribution in [0.5, 0.6) is 0 Å². The number of nitrogens with one attached hydrogen (secondary N) is 1. The molecule has 0 aliphatic rings. The smallest absolute Gasteiger partial charge is 0.153 e. The summed E-state index contributed by atoms with van der Waals surface area (Å²) in [6.45, 7) is 0. The second kappa shape index (κ2) is 4.37. The van der Waals surface area contributed by atoms with Crippen LogP contribution >= 0.6 is 11.6 Å². The first-order chi connectivity index (χ1) is 7.65. The highest BCUT2D eigenvalue weighted by molar-refractivity contribution is 6.30. The summed E-state index contributed by atoms with van der Waals surface area (Å²) < 4.78 is 12.9. The van der Waals surface area contributed by atoms with Crippen molar-refractivity contribution >= 4 is 28.8 Å². The minimum atomic E-state index is -0.322. The Morgan fingerprint density at radius 3 is 2.81 bits per heavy atom.